The van der Waals surface area contributed by atoms with E-state index in [0.717, 1.165) is 11.6 Å². The molecule has 1 aliphatic rings. The minimum atomic E-state index is -0.469. The summed E-state index contributed by atoms with van der Waals surface area (Å²) < 4.78 is 0. The Bertz CT molecular complexity index is 344. The van der Waals surface area contributed by atoms with Crippen LogP contribution in [0.15, 0.2) is 24.3 Å². The molecule has 1 aliphatic carbocycles. The fourth-order valence-electron chi connectivity index (χ4n) is 2.63. The Morgan fingerprint density at radius 3 is 2.44 bits per heavy atom. The van der Waals surface area contributed by atoms with Crippen molar-refractivity contribution in [1.82, 2.24) is 0 Å². The molecular weight excluding hydrogens is 224 g/mol. The lowest BCUT2D eigenvalue weighted by atomic mass is 9.84. The molecule has 0 bridgehead atoms. The maximum absolute atomic E-state index is 9.39. The first-order valence-electron chi connectivity index (χ1n) is 7.01. The van der Waals surface area contributed by atoms with Gasteiger partial charge in [0.2, 0.25) is 0 Å². The van der Waals surface area contributed by atoms with Crippen LogP contribution in [0.5, 0.6) is 0 Å². The van der Waals surface area contributed by atoms with Gasteiger partial charge in [-0.2, -0.15) is 0 Å². The number of hydrogen-bond donors (Lipinski definition) is 3. The topological polar surface area (TPSA) is 58.3 Å². The molecule has 3 nitrogen and oxygen atoms in total. The van der Waals surface area contributed by atoms with Crippen LogP contribution >= 0.6 is 0 Å². The summed E-state index contributed by atoms with van der Waals surface area (Å²) in [7, 11) is 0. The first-order chi connectivity index (χ1) is 8.79. The van der Waals surface area contributed by atoms with Gasteiger partial charge in [-0.15, -0.1) is 0 Å². The van der Waals surface area contributed by atoms with E-state index in [1.807, 2.05) is 0 Å². The lowest BCUT2D eigenvalue weighted by Crippen LogP contribution is -2.27. The van der Waals surface area contributed by atoms with Crippen molar-refractivity contribution in [3.8, 4) is 0 Å². The predicted octanol–water partition coefficient (Wildman–Crippen LogP) is 2.47. The van der Waals surface area contributed by atoms with E-state index < -0.39 is 6.10 Å². The zero-order chi connectivity index (χ0) is 12.8. The summed E-state index contributed by atoms with van der Waals surface area (Å²) >= 11 is 0. The minimum absolute atomic E-state index is 0.299. The van der Waals surface area contributed by atoms with Gasteiger partial charge in [0.25, 0.3) is 0 Å². The van der Waals surface area contributed by atoms with Crippen molar-refractivity contribution in [3.05, 3.63) is 29.8 Å². The van der Waals surface area contributed by atoms with Crippen molar-refractivity contribution in [1.29, 1.82) is 0 Å². The average Bonchev–Trinajstić information content (AvgIpc) is 2.46. The van der Waals surface area contributed by atoms with Crippen LogP contribution in [0, 0.1) is 0 Å². The van der Waals surface area contributed by atoms with Crippen LogP contribution in [-0.4, -0.2) is 24.3 Å². The number of hydrogen-bond acceptors (Lipinski definition) is 3. The molecule has 0 amide bonds. The number of aliphatic hydroxyl groups is 1. The largest absolute Gasteiger partial charge is 0.390 e. The van der Waals surface area contributed by atoms with Crippen LogP contribution in [-0.2, 0) is 0 Å². The highest BCUT2D eigenvalue weighted by Gasteiger charge is 2.14. The SMILES string of the molecule is NCC(O)CNc1ccc(C2CCCCC2)cc1. The summed E-state index contributed by atoms with van der Waals surface area (Å²) in [4.78, 5) is 0. The highest BCUT2D eigenvalue weighted by Crippen LogP contribution is 2.32. The molecule has 2 rings (SSSR count). The van der Waals surface area contributed by atoms with Crippen molar-refractivity contribution in [3.63, 3.8) is 0 Å². The van der Waals surface area contributed by atoms with Crippen molar-refractivity contribution >= 4 is 5.69 Å². The standard InChI is InChI=1S/C15H24N2O/c16-10-15(18)11-17-14-8-6-13(7-9-14)12-4-2-1-3-5-12/h6-9,12,15,17-18H,1-5,10-11,16H2. The first kappa shape index (κ1) is 13.4. The van der Waals surface area contributed by atoms with Crippen LogP contribution in [0.3, 0.4) is 0 Å². The Morgan fingerprint density at radius 2 is 1.83 bits per heavy atom. The second-order valence-electron chi connectivity index (χ2n) is 5.23. The summed E-state index contributed by atoms with van der Waals surface area (Å²) in [5.74, 6) is 0.752. The molecule has 100 valence electrons. The van der Waals surface area contributed by atoms with Gasteiger partial charge in [0, 0.05) is 18.8 Å². The molecule has 3 heteroatoms. The van der Waals surface area contributed by atoms with E-state index in [1.165, 1.54) is 37.7 Å². The fourth-order valence-corrected chi connectivity index (χ4v) is 2.63. The maximum atomic E-state index is 9.39. The van der Waals surface area contributed by atoms with E-state index in [2.05, 4.69) is 29.6 Å². The minimum Gasteiger partial charge on any atom is -0.390 e. The quantitative estimate of drug-likeness (QED) is 0.750. The number of benzene rings is 1. The zero-order valence-corrected chi connectivity index (χ0v) is 10.9. The smallest absolute Gasteiger partial charge is 0.0834 e. The molecule has 0 aromatic heterocycles. The number of aliphatic hydroxyl groups excluding tert-OH is 1. The van der Waals surface area contributed by atoms with E-state index in [1.54, 1.807) is 0 Å². The van der Waals surface area contributed by atoms with Gasteiger partial charge in [0.15, 0.2) is 0 Å². The van der Waals surface area contributed by atoms with Crippen molar-refractivity contribution < 1.29 is 5.11 Å². The zero-order valence-electron chi connectivity index (χ0n) is 10.9. The second kappa shape index (κ2) is 6.76. The summed E-state index contributed by atoms with van der Waals surface area (Å²) in [6.45, 7) is 0.812. The summed E-state index contributed by atoms with van der Waals surface area (Å²) in [6.07, 6.45) is 6.33. The monoisotopic (exact) mass is 248 g/mol. The number of nitrogens with one attached hydrogen (secondary N) is 1. The lowest BCUT2D eigenvalue weighted by molar-refractivity contribution is 0.196. The average molecular weight is 248 g/mol. The summed E-state index contributed by atoms with van der Waals surface area (Å²) in [6, 6.07) is 8.64. The molecule has 1 atom stereocenters. The van der Waals surface area contributed by atoms with Crippen LogP contribution in [0.4, 0.5) is 5.69 Å². The molecule has 1 saturated carbocycles. The van der Waals surface area contributed by atoms with Gasteiger partial charge >= 0.3 is 0 Å². The third-order valence-corrected chi connectivity index (χ3v) is 3.80. The van der Waals surface area contributed by atoms with Crippen molar-refractivity contribution in [2.24, 2.45) is 5.73 Å². The Morgan fingerprint density at radius 1 is 1.17 bits per heavy atom. The van der Waals surface area contributed by atoms with E-state index >= 15 is 0 Å². The second-order valence-corrected chi connectivity index (χ2v) is 5.23. The highest BCUT2D eigenvalue weighted by molar-refractivity contribution is 5.45. The molecule has 1 unspecified atom stereocenters. The van der Waals surface area contributed by atoms with Gasteiger partial charge in [-0.1, -0.05) is 31.4 Å². The predicted molar refractivity (Wildman–Crippen MR) is 75.8 cm³/mol. The van der Waals surface area contributed by atoms with Gasteiger partial charge < -0.3 is 16.2 Å². The van der Waals surface area contributed by atoms with E-state index in [9.17, 15) is 5.11 Å². The number of rotatable bonds is 5. The number of anilines is 1. The van der Waals surface area contributed by atoms with Gasteiger partial charge in [0.05, 0.1) is 6.10 Å². The van der Waals surface area contributed by atoms with Crippen LogP contribution in [0.25, 0.3) is 0 Å². The molecule has 0 aliphatic heterocycles. The molecule has 0 saturated heterocycles. The Kier molecular flexibility index (Phi) is 5.02. The summed E-state index contributed by atoms with van der Waals surface area (Å²) in [5.41, 5.74) is 7.88. The van der Waals surface area contributed by atoms with Gasteiger partial charge in [-0.05, 0) is 36.5 Å². The normalized spacial score (nSPS) is 18.6. The lowest BCUT2D eigenvalue weighted by Gasteiger charge is -2.22. The first-order valence-corrected chi connectivity index (χ1v) is 7.01. The van der Waals surface area contributed by atoms with Crippen LogP contribution < -0.4 is 11.1 Å². The number of nitrogens with two attached hydrogens (primary N) is 1. The molecule has 4 N–H and O–H groups in total. The van der Waals surface area contributed by atoms with Gasteiger partial charge in [0.1, 0.15) is 0 Å². The van der Waals surface area contributed by atoms with Crippen LogP contribution in [0.1, 0.15) is 43.6 Å². The van der Waals surface area contributed by atoms with Crippen molar-refractivity contribution in [2.45, 2.75) is 44.1 Å². The molecule has 0 radical (unpaired) electrons. The maximum Gasteiger partial charge on any atom is 0.0834 e. The van der Waals surface area contributed by atoms with Crippen molar-refractivity contribution in [2.75, 3.05) is 18.4 Å². The fraction of sp³-hybridized carbons (Fsp3) is 0.600. The molecule has 1 fully saturated rings. The van der Waals surface area contributed by atoms with E-state index in [4.69, 9.17) is 5.73 Å². The van der Waals surface area contributed by atoms with Gasteiger partial charge in [-0.25, -0.2) is 0 Å². The Balaban J connectivity index is 1.88. The highest BCUT2D eigenvalue weighted by atomic mass is 16.3. The molecule has 0 spiro atoms. The van der Waals surface area contributed by atoms with Gasteiger partial charge in [-0.3, -0.25) is 0 Å². The molecular formula is C15H24N2O. The molecule has 1 aromatic rings. The Labute approximate surface area is 109 Å². The Hall–Kier alpha value is -1.06. The van der Waals surface area contributed by atoms with Crippen LogP contribution in [0.2, 0.25) is 0 Å². The molecule has 1 aromatic carbocycles. The summed E-state index contributed by atoms with van der Waals surface area (Å²) in [5, 5.41) is 12.6. The third-order valence-electron chi connectivity index (χ3n) is 3.80. The molecule has 18 heavy (non-hydrogen) atoms. The third kappa shape index (κ3) is 3.72. The van der Waals surface area contributed by atoms with E-state index in [-0.39, 0.29) is 0 Å². The van der Waals surface area contributed by atoms with E-state index in [0.29, 0.717) is 13.1 Å². The molecule has 0 heterocycles.